The Balaban J connectivity index is 1.88. The SMILES string of the molecule is CCCCNc1nc(N2CCOCC2)nc2ccsc12. The number of hydrogen-bond donors (Lipinski definition) is 1. The van der Waals surface area contributed by atoms with E-state index in [0.717, 1.165) is 61.3 Å². The molecule has 5 nitrogen and oxygen atoms in total. The summed E-state index contributed by atoms with van der Waals surface area (Å²) in [4.78, 5) is 11.6. The predicted molar refractivity (Wildman–Crippen MR) is 83.8 cm³/mol. The average molecular weight is 292 g/mol. The van der Waals surface area contributed by atoms with Crippen LogP contribution in [0.1, 0.15) is 19.8 Å². The van der Waals surface area contributed by atoms with Gasteiger partial charge in [0.2, 0.25) is 5.95 Å². The normalized spacial score (nSPS) is 15.8. The van der Waals surface area contributed by atoms with Gasteiger partial charge in [0, 0.05) is 19.6 Å². The Morgan fingerprint density at radius 2 is 2.20 bits per heavy atom. The van der Waals surface area contributed by atoms with Crippen LogP contribution in [-0.4, -0.2) is 42.8 Å². The fourth-order valence-electron chi connectivity index (χ4n) is 2.26. The summed E-state index contributed by atoms with van der Waals surface area (Å²) >= 11 is 1.70. The third-order valence-corrected chi connectivity index (χ3v) is 4.32. The van der Waals surface area contributed by atoms with E-state index >= 15 is 0 Å². The minimum atomic E-state index is 0.754. The zero-order valence-electron chi connectivity index (χ0n) is 11.8. The maximum Gasteiger partial charge on any atom is 0.228 e. The lowest BCUT2D eigenvalue weighted by Gasteiger charge is -2.27. The van der Waals surface area contributed by atoms with Crippen LogP contribution < -0.4 is 10.2 Å². The van der Waals surface area contributed by atoms with Crippen molar-refractivity contribution in [2.45, 2.75) is 19.8 Å². The molecule has 0 aromatic carbocycles. The molecule has 1 aliphatic heterocycles. The Morgan fingerprint density at radius 3 is 3.00 bits per heavy atom. The van der Waals surface area contributed by atoms with Crippen molar-refractivity contribution in [1.82, 2.24) is 9.97 Å². The molecule has 3 rings (SSSR count). The number of hydrogen-bond acceptors (Lipinski definition) is 6. The first-order valence-electron chi connectivity index (χ1n) is 7.20. The Bertz CT molecular complexity index is 565. The topological polar surface area (TPSA) is 50.3 Å². The molecule has 0 spiro atoms. The fourth-order valence-corrected chi connectivity index (χ4v) is 3.06. The van der Waals surface area contributed by atoms with Crippen molar-refractivity contribution in [3.8, 4) is 0 Å². The Kier molecular flexibility index (Phi) is 4.32. The number of nitrogens with one attached hydrogen (secondary N) is 1. The first-order valence-corrected chi connectivity index (χ1v) is 8.08. The van der Waals surface area contributed by atoms with Gasteiger partial charge >= 0.3 is 0 Å². The van der Waals surface area contributed by atoms with E-state index in [1.807, 2.05) is 0 Å². The highest BCUT2D eigenvalue weighted by Gasteiger charge is 2.16. The zero-order chi connectivity index (χ0) is 13.8. The quantitative estimate of drug-likeness (QED) is 0.859. The van der Waals surface area contributed by atoms with Gasteiger partial charge in [0.1, 0.15) is 5.82 Å². The highest BCUT2D eigenvalue weighted by Crippen LogP contribution is 2.28. The second-order valence-electron chi connectivity index (χ2n) is 4.89. The van der Waals surface area contributed by atoms with E-state index < -0.39 is 0 Å². The Morgan fingerprint density at radius 1 is 1.35 bits per heavy atom. The van der Waals surface area contributed by atoms with Crippen LogP contribution in [-0.2, 0) is 4.74 Å². The number of nitrogens with zero attached hydrogens (tertiary/aromatic N) is 3. The fraction of sp³-hybridized carbons (Fsp3) is 0.571. The molecule has 1 aliphatic rings. The molecule has 0 radical (unpaired) electrons. The lowest BCUT2D eigenvalue weighted by Crippen LogP contribution is -2.37. The van der Waals surface area contributed by atoms with Crippen LogP contribution in [0.2, 0.25) is 0 Å². The largest absolute Gasteiger partial charge is 0.378 e. The van der Waals surface area contributed by atoms with Crippen molar-refractivity contribution < 1.29 is 4.74 Å². The molecule has 108 valence electrons. The summed E-state index contributed by atoms with van der Waals surface area (Å²) in [6, 6.07) is 2.07. The maximum atomic E-state index is 5.39. The summed E-state index contributed by atoms with van der Waals surface area (Å²) in [5.41, 5.74) is 1.03. The molecule has 0 atom stereocenters. The van der Waals surface area contributed by atoms with E-state index in [9.17, 15) is 0 Å². The number of morpholine rings is 1. The van der Waals surface area contributed by atoms with E-state index in [1.165, 1.54) is 6.42 Å². The highest BCUT2D eigenvalue weighted by atomic mass is 32.1. The van der Waals surface area contributed by atoms with E-state index in [0.29, 0.717) is 0 Å². The molecule has 0 unspecified atom stereocenters. The van der Waals surface area contributed by atoms with Gasteiger partial charge in [-0.2, -0.15) is 4.98 Å². The lowest BCUT2D eigenvalue weighted by molar-refractivity contribution is 0.122. The third-order valence-electron chi connectivity index (χ3n) is 3.41. The Labute approximate surface area is 123 Å². The van der Waals surface area contributed by atoms with Crippen molar-refractivity contribution in [1.29, 1.82) is 0 Å². The van der Waals surface area contributed by atoms with Crippen LogP contribution in [0.4, 0.5) is 11.8 Å². The number of aromatic nitrogens is 2. The summed E-state index contributed by atoms with van der Waals surface area (Å²) in [7, 11) is 0. The van der Waals surface area contributed by atoms with Crippen molar-refractivity contribution >= 4 is 33.3 Å². The van der Waals surface area contributed by atoms with Gasteiger partial charge < -0.3 is 15.0 Å². The molecular weight excluding hydrogens is 272 g/mol. The molecule has 2 aromatic heterocycles. The number of rotatable bonds is 5. The molecule has 1 saturated heterocycles. The zero-order valence-corrected chi connectivity index (χ0v) is 12.6. The summed E-state index contributed by atoms with van der Waals surface area (Å²) in [6.45, 7) is 6.39. The van der Waals surface area contributed by atoms with Crippen LogP contribution in [0, 0.1) is 0 Å². The van der Waals surface area contributed by atoms with Gasteiger partial charge in [0.05, 0.1) is 23.4 Å². The van der Waals surface area contributed by atoms with Crippen molar-refractivity contribution in [2.75, 3.05) is 43.1 Å². The van der Waals surface area contributed by atoms with Gasteiger partial charge in [-0.1, -0.05) is 13.3 Å². The number of ether oxygens (including phenoxy) is 1. The van der Waals surface area contributed by atoms with Crippen LogP contribution >= 0.6 is 11.3 Å². The van der Waals surface area contributed by atoms with Gasteiger partial charge in [-0.3, -0.25) is 0 Å². The Hall–Kier alpha value is -1.40. The summed E-state index contributed by atoms with van der Waals surface area (Å²) < 4.78 is 6.54. The number of thiophene rings is 1. The standard InChI is InChI=1S/C14H20N4OS/c1-2-3-5-15-13-12-11(4-10-20-12)16-14(17-13)18-6-8-19-9-7-18/h4,10H,2-3,5-9H2,1H3,(H,15,16,17). The van der Waals surface area contributed by atoms with Crippen LogP contribution in [0.15, 0.2) is 11.4 Å². The summed E-state index contributed by atoms with van der Waals surface area (Å²) in [5, 5.41) is 5.53. The van der Waals surface area contributed by atoms with Crippen LogP contribution in [0.5, 0.6) is 0 Å². The first-order chi connectivity index (χ1) is 9.88. The van der Waals surface area contributed by atoms with Gasteiger partial charge in [-0.05, 0) is 17.9 Å². The number of anilines is 2. The minimum absolute atomic E-state index is 0.754. The molecule has 0 aliphatic carbocycles. The molecule has 0 amide bonds. The van der Waals surface area contributed by atoms with E-state index in [4.69, 9.17) is 9.72 Å². The molecule has 1 N–H and O–H groups in total. The minimum Gasteiger partial charge on any atom is -0.378 e. The highest BCUT2D eigenvalue weighted by molar-refractivity contribution is 7.17. The molecule has 3 heterocycles. The number of unbranched alkanes of at least 4 members (excludes halogenated alkanes) is 1. The van der Waals surface area contributed by atoms with Gasteiger partial charge in [0.25, 0.3) is 0 Å². The van der Waals surface area contributed by atoms with Crippen molar-refractivity contribution in [2.24, 2.45) is 0 Å². The molecule has 20 heavy (non-hydrogen) atoms. The molecule has 2 aromatic rings. The van der Waals surface area contributed by atoms with E-state index in [-0.39, 0.29) is 0 Å². The first kappa shape index (κ1) is 13.6. The molecule has 6 heteroatoms. The maximum absolute atomic E-state index is 5.39. The molecule has 0 saturated carbocycles. The van der Waals surface area contributed by atoms with Crippen molar-refractivity contribution in [3.05, 3.63) is 11.4 Å². The van der Waals surface area contributed by atoms with Crippen LogP contribution in [0.3, 0.4) is 0 Å². The second kappa shape index (κ2) is 6.37. The third kappa shape index (κ3) is 2.86. The van der Waals surface area contributed by atoms with E-state index in [1.54, 1.807) is 11.3 Å². The van der Waals surface area contributed by atoms with E-state index in [2.05, 4.69) is 33.6 Å². The summed E-state index contributed by atoms with van der Waals surface area (Å²) in [5.74, 6) is 1.79. The average Bonchev–Trinajstić information content (AvgIpc) is 2.97. The molecular formula is C14H20N4OS. The number of fused-ring (bicyclic) bond motifs is 1. The molecule has 1 fully saturated rings. The smallest absolute Gasteiger partial charge is 0.228 e. The van der Waals surface area contributed by atoms with Gasteiger partial charge in [0.15, 0.2) is 0 Å². The van der Waals surface area contributed by atoms with Gasteiger partial charge in [-0.25, -0.2) is 4.98 Å². The molecule has 0 bridgehead atoms. The second-order valence-corrected chi connectivity index (χ2v) is 5.80. The van der Waals surface area contributed by atoms with Crippen molar-refractivity contribution in [3.63, 3.8) is 0 Å². The predicted octanol–water partition coefficient (Wildman–Crippen LogP) is 2.74. The lowest BCUT2D eigenvalue weighted by atomic mass is 10.3. The summed E-state index contributed by atoms with van der Waals surface area (Å²) in [6.07, 6.45) is 2.34. The monoisotopic (exact) mass is 292 g/mol. The van der Waals surface area contributed by atoms with Crippen LogP contribution in [0.25, 0.3) is 10.2 Å². The van der Waals surface area contributed by atoms with Gasteiger partial charge in [-0.15, -0.1) is 11.3 Å².